The molecule has 94 valence electrons. The van der Waals surface area contributed by atoms with Crippen LogP contribution < -0.4 is 0 Å². The summed E-state index contributed by atoms with van der Waals surface area (Å²) >= 11 is 0. The molecule has 3 aromatic rings. The molecule has 0 atom stereocenters. The number of hydrogen-bond donors (Lipinski definition) is 0. The maximum atomic E-state index is 12.9. The Balaban J connectivity index is 1.97. The zero-order valence-corrected chi connectivity index (χ0v) is 10.4. The summed E-state index contributed by atoms with van der Waals surface area (Å²) in [7, 11) is 0. The van der Waals surface area contributed by atoms with Crippen molar-refractivity contribution in [1.82, 2.24) is 14.8 Å². The van der Waals surface area contributed by atoms with E-state index in [2.05, 4.69) is 10.1 Å². The van der Waals surface area contributed by atoms with Gasteiger partial charge in [0.05, 0.1) is 6.20 Å². The van der Waals surface area contributed by atoms with E-state index in [1.807, 2.05) is 25.3 Å². The molecule has 0 bridgehead atoms. The minimum absolute atomic E-state index is 0.239. The van der Waals surface area contributed by atoms with Crippen LogP contribution in [0.25, 0.3) is 16.9 Å². The average Bonchev–Trinajstić information content (AvgIpc) is 2.89. The van der Waals surface area contributed by atoms with Crippen molar-refractivity contribution in [1.29, 1.82) is 0 Å². The van der Waals surface area contributed by atoms with Crippen molar-refractivity contribution >= 4 is 0 Å². The van der Waals surface area contributed by atoms with Gasteiger partial charge in [-0.1, -0.05) is 12.1 Å². The van der Waals surface area contributed by atoms with Crippen LogP contribution in [0.2, 0.25) is 0 Å². The third-order valence-electron chi connectivity index (χ3n) is 2.90. The number of rotatable bonds is 2. The standard InChI is InChI=1S/C15H12FN3/c1-11-6-7-17-15(8-11)19-10-13(9-18-19)12-2-4-14(16)5-3-12/h2-10H,1H3. The lowest BCUT2D eigenvalue weighted by molar-refractivity contribution is 0.628. The molecule has 0 unspecified atom stereocenters. The lowest BCUT2D eigenvalue weighted by atomic mass is 10.1. The van der Waals surface area contributed by atoms with Crippen molar-refractivity contribution in [3.63, 3.8) is 0 Å². The molecular formula is C15H12FN3. The van der Waals surface area contributed by atoms with Gasteiger partial charge in [-0.3, -0.25) is 0 Å². The second-order valence-electron chi connectivity index (χ2n) is 4.37. The fourth-order valence-electron chi connectivity index (χ4n) is 1.89. The zero-order chi connectivity index (χ0) is 13.2. The van der Waals surface area contributed by atoms with Crippen LogP contribution in [0.4, 0.5) is 4.39 Å². The van der Waals surface area contributed by atoms with Crippen molar-refractivity contribution in [3.05, 3.63) is 66.4 Å². The first-order valence-electron chi connectivity index (χ1n) is 5.96. The Labute approximate surface area is 110 Å². The molecule has 3 rings (SSSR count). The molecule has 4 heteroatoms. The number of aromatic nitrogens is 3. The van der Waals surface area contributed by atoms with E-state index in [4.69, 9.17) is 0 Å². The van der Waals surface area contributed by atoms with Crippen LogP contribution in [0.5, 0.6) is 0 Å². The van der Waals surface area contributed by atoms with E-state index >= 15 is 0 Å². The van der Waals surface area contributed by atoms with Crippen LogP contribution in [0, 0.1) is 12.7 Å². The summed E-state index contributed by atoms with van der Waals surface area (Å²) in [6, 6.07) is 10.3. The molecule has 0 aliphatic carbocycles. The second-order valence-corrected chi connectivity index (χ2v) is 4.37. The van der Waals surface area contributed by atoms with Crippen molar-refractivity contribution in [2.24, 2.45) is 0 Å². The Morgan fingerprint density at radius 3 is 2.58 bits per heavy atom. The van der Waals surface area contributed by atoms with Crippen LogP contribution in [0.15, 0.2) is 55.0 Å². The second kappa shape index (κ2) is 4.65. The van der Waals surface area contributed by atoms with Crippen molar-refractivity contribution in [3.8, 4) is 16.9 Å². The Morgan fingerprint density at radius 2 is 1.84 bits per heavy atom. The molecule has 0 saturated carbocycles. The van der Waals surface area contributed by atoms with E-state index in [1.54, 1.807) is 29.2 Å². The molecule has 3 nitrogen and oxygen atoms in total. The molecule has 0 spiro atoms. The Hall–Kier alpha value is -2.49. The van der Waals surface area contributed by atoms with Gasteiger partial charge in [0, 0.05) is 18.0 Å². The van der Waals surface area contributed by atoms with E-state index in [9.17, 15) is 4.39 Å². The van der Waals surface area contributed by atoms with Gasteiger partial charge in [-0.15, -0.1) is 0 Å². The molecule has 2 heterocycles. The lowest BCUT2D eigenvalue weighted by Gasteiger charge is -2.00. The van der Waals surface area contributed by atoms with E-state index in [0.717, 1.165) is 22.5 Å². The van der Waals surface area contributed by atoms with E-state index < -0.39 is 0 Å². The number of hydrogen-bond acceptors (Lipinski definition) is 2. The molecule has 0 aliphatic heterocycles. The van der Waals surface area contributed by atoms with E-state index in [0.29, 0.717) is 0 Å². The normalized spacial score (nSPS) is 10.6. The van der Waals surface area contributed by atoms with Gasteiger partial charge >= 0.3 is 0 Å². The van der Waals surface area contributed by atoms with Crippen LogP contribution in [-0.4, -0.2) is 14.8 Å². The van der Waals surface area contributed by atoms with Gasteiger partial charge in [0.15, 0.2) is 5.82 Å². The minimum Gasteiger partial charge on any atom is -0.237 e. The number of pyridine rings is 1. The summed E-state index contributed by atoms with van der Waals surface area (Å²) in [5, 5.41) is 4.29. The SMILES string of the molecule is Cc1ccnc(-n2cc(-c3ccc(F)cc3)cn2)c1. The predicted molar refractivity (Wildman–Crippen MR) is 71.5 cm³/mol. The Kier molecular flexibility index (Phi) is 2.83. The number of benzene rings is 1. The molecule has 0 radical (unpaired) electrons. The van der Waals surface area contributed by atoms with Gasteiger partial charge < -0.3 is 0 Å². The smallest absolute Gasteiger partial charge is 0.153 e. The molecule has 0 aliphatic rings. The van der Waals surface area contributed by atoms with Crippen LogP contribution >= 0.6 is 0 Å². The zero-order valence-electron chi connectivity index (χ0n) is 10.4. The van der Waals surface area contributed by atoms with Gasteiger partial charge in [0.2, 0.25) is 0 Å². The van der Waals surface area contributed by atoms with Gasteiger partial charge in [-0.05, 0) is 42.3 Å². The van der Waals surface area contributed by atoms with Gasteiger partial charge in [0.25, 0.3) is 0 Å². The highest BCUT2D eigenvalue weighted by Crippen LogP contribution is 2.20. The predicted octanol–water partition coefficient (Wildman–Crippen LogP) is 3.38. The summed E-state index contributed by atoms with van der Waals surface area (Å²) in [5.41, 5.74) is 2.99. The molecule has 0 saturated heterocycles. The molecule has 0 amide bonds. The maximum Gasteiger partial charge on any atom is 0.153 e. The van der Waals surface area contributed by atoms with Gasteiger partial charge in [-0.25, -0.2) is 14.1 Å². The van der Waals surface area contributed by atoms with Gasteiger partial charge in [0.1, 0.15) is 5.82 Å². The first-order chi connectivity index (χ1) is 9.22. The van der Waals surface area contributed by atoms with E-state index in [1.165, 1.54) is 12.1 Å². The highest BCUT2D eigenvalue weighted by atomic mass is 19.1. The monoisotopic (exact) mass is 253 g/mol. The first-order valence-corrected chi connectivity index (χ1v) is 5.96. The van der Waals surface area contributed by atoms with Gasteiger partial charge in [-0.2, -0.15) is 5.10 Å². The molecule has 2 aromatic heterocycles. The first kappa shape index (κ1) is 11.6. The average molecular weight is 253 g/mol. The van der Waals surface area contributed by atoms with Crippen molar-refractivity contribution < 1.29 is 4.39 Å². The highest BCUT2D eigenvalue weighted by Gasteiger charge is 2.04. The third kappa shape index (κ3) is 2.38. The van der Waals surface area contributed by atoms with Crippen molar-refractivity contribution in [2.75, 3.05) is 0 Å². The van der Waals surface area contributed by atoms with E-state index in [-0.39, 0.29) is 5.82 Å². The Bertz CT molecular complexity index is 701. The number of aryl methyl sites for hydroxylation is 1. The molecule has 1 aromatic carbocycles. The quantitative estimate of drug-likeness (QED) is 0.701. The van der Waals surface area contributed by atoms with Crippen LogP contribution in [-0.2, 0) is 0 Å². The summed E-state index contributed by atoms with van der Waals surface area (Å²) in [6.07, 6.45) is 5.39. The Morgan fingerprint density at radius 1 is 1.05 bits per heavy atom. The molecule has 19 heavy (non-hydrogen) atoms. The molecular weight excluding hydrogens is 241 g/mol. The topological polar surface area (TPSA) is 30.7 Å². The third-order valence-corrected chi connectivity index (χ3v) is 2.90. The fraction of sp³-hybridized carbons (Fsp3) is 0.0667. The minimum atomic E-state index is -0.239. The maximum absolute atomic E-state index is 12.9. The highest BCUT2D eigenvalue weighted by molar-refractivity contribution is 5.61. The summed E-state index contributed by atoms with van der Waals surface area (Å²) in [6.45, 7) is 2.01. The fourth-order valence-corrected chi connectivity index (χ4v) is 1.89. The number of nitrogens with zero attached hydrogens (tertiary/aromatic N) is 3. The lowest BCUT2D eigenvalue weighted by Crippen LogP contribution is -1.97. The largest absolute Gasteiger partial charge is 0.237 e. The van der Waals surface area contributed by atoms with Crippen LogP contribution in [0.3, 0.4) is 0 Å². The van der Waals surface area contributed by atoms with Crippen molar-refractivity contribution in [2.45, 2.75) is 6.92 Å². The molecule has 0 fully saturated rings. The number of halogens is 1. The summed E-state index contributed by atoms with van der Waals surface area (Å²) in [4.78, 5) is 4.27. The molecule has 0 N–H and O–H groups in total. The summed E-state index contributed by atoms with van der Waals surface area (Å²) < 4.78 is 14.6. The van der Waals surface area contributed by atoms with Crippen LogP contribution in [0.1, 0.15) is 5.56 Å². The summed E-state index contributed by atoms with van der Waals surface area (Å²) in [5.74, 6) is 0.532.